The highest BCUT2D eigenvalue weighted by Crippen LogP contribution is 2.20. The van der Waals surface area contributed by atoms with Crippen LogP contribution < -0.4 is 5.73 Å². The zero-order valence-electron chi connectivity index (χ0n) is 7.36. The third-order valence-electron chi connectivity index (χ3n) is 1.93. The van der Waals surface area contributed by atoms with E-state index in [1.807, 2.05) is 30.0 Å². The lowest BCUT2D eigenvalue weighted by Gasteiger charge is -2.11. The predicted octanol–water partition coefficient (Wildman–Crippen LogP) is 2.15. The molecular formula is C10H12N2S. The van der Waals surface area contributed by atoms with Gasteiger partial charge < -0.3 is 5.73 Å². The van der Waals surface area contributed by atoms with E-state index in [9.17, 15) is 0 Å². The molecule has 0 amide bonds. The summed E-state index contributed by atoms with van der Waals surface area (Å²) < 4.78 is 0. The normalized spacial score (nSPS) is 16.8. The van der Waals surface area contributed by atoms with Crippen molar-refractivity contribution in [2.45, 2.75) is 6.42 Å². The van der Waals surface area contributed by atoms with Gasteiger partial charge in [-0.2, -0.15) is 0 Å². The highest BCUT2D eigenvalue weighted by atomic mass is 32.2. The minimum Gasteiger partial charge on any atom is -0.399 e. The topological polar surface area (TPSA) is 38.4 Å². The first-order valence-electron chi connectivity index (χ1n) is 4.39. The molecule has 68 valence electrons. The first-order valence-corrected chi connectivity index (χ1v) is 5.38. The van der Waals surface area contributed by atoms with Crippen molar-refractivity contribution in [3.63, 3.8) is 0 Å². The summed E-state index contributed by atoms with van der Waals surface area (Å²) in [5.41, 5.74) is 7.67. The second-order valence-electron chi connectivity index (χ2n) is 3.01. The lowest BCUT2D eigenvalue weighted by molar-refractivity contribution is 0.939. The van der Waals surface area contributed by atoms with Crippen molar-refractivity contribution in [1.82, 2.24) is 0 Å². The molecule has 13 heavy (non-hydrogen) atoms. The highest BCUT2D eigenvalue weighted by Gasteiger charge is 2.07. The van der Waals surface area contributed by atoms with Gasteiger partial charge in [0.15, 0.2) is 0 Å². The van der Waals surface area contributed by atoms with Crippen LogP contribution in [0.2, 0.25) is 0 Å². The number of rotatable bonds is 1. The average molecular weight is 192 g/mol. The number of nitrogen functional groups attached to an aromatic ring is 1. The number of thioether (sulfide) groups is 1. The quantitative estimate of drug-likeness (QED) is 0.692. The van der Waals surface area contributed by atoms with Gasteiger partial charge in [0, 0.05) is 23.5 Å². The van der Waals surface area contributed by atoms with Gasteiger partial charge in [-0.3, -0.25) is 4.99 Å². The van der Waals surface area contributed by atoms with Crippen LogP contribution in [0.15, 0.2) is 29.3 Å². The van der Waals surface area contributed by atoms with Gasteiger partial charge in [-0.25, -0.2) is 0 Å². The molecule has 0 saturated heterocycles. The molecule has 0 unspecified atom stereocenters. The lowest BCUT2D eigenvalue weighted by atomic mass is 10.2. The van der Waals surface area contributed by atoms with E-state index >= 15 is 0 Å². The van der Waals surface area contributed by atoms with Crippen LogP contribution in [0.4, 0.5) is 5.69 Å². The molecule has 0 atom stereocenters. The van der Waals surface area contributed by atoms with E-state index in [-0.39, 0.29) is 0 Å². The van der Waals surface area contributed by atoms with Gasteiger partial charge >= 0.3 is 0 Å². The van der Waals surface area contributed by atoms with Crippen molar-refractivity contribution < 1.29 is 0 Å². The van der Waals surface area contributed by atoms with E-state index in [0.717, 1.165) is 22.8 Å². The second kappa shape index (κ2) is 3.83. The van der Waals surface area contributed by atoms with E-state index in [0.29, 0.717) is 0 Å². The molecule has 1 heterocycles. The maximum atomic E-state index is 5.70. The number of aliphatic imine (C=N–C) groups is 1. The Labute approximate surface area is 82.2 Å². The minimum atomic E-state index is 0.811. The number of nitrogens with zero attached hydrogens (tertiary/aromatic N) is 1. The molecule has 1 aliphatic heterocycles. The Morgan fingerprint density at radius 3 is 3.00 bits per heavy atom. The van der Waals surface area contributed by atoms with Crippen LogP contribution in [0.3, 0.4) is 0 Å². The Bertz CT molecular complexity index is 333. The molecule has 3 heteroatoms. The molecular weight excluding hydrogens is 180 g/mol. The number of hydrogen-bond donors (Lipinski definition) is 1. The fourth-order valence-electron chi connectivity index (χ4n) is 1.31. The molecule has 0 saturated carbocycles. The average Bonchev–Trinajstić information content (AvgIpc) is 2.19. The van der Waals surface area contributed by atoms with Crippen molar-refractivity contribution >= 4 is 22.5 Å². The third-order valence-corrected chi connectivity index (χ3v) is 3.06. The Kier molecular flexibility index (Phi) is 2.54. The van der Waals surface area contributed by atoms with Gasteiger partial charge in [0.2, 0.25) is 0 Å². The summed E-state index contributed by atoms with van der Waals surface area (Å²) in [4.78, 5) is 4.46. The monoisotopic (exact) mass is 192 g/mol. The van der Waals surface area contributed by atoms with Crippen molar-refractivity contribution in [2.24, 2.45) is 4.99 Å². The van der Waals surface area contributed by atoms with E-state index < -0.39 is 0 Å². The van der Waals surface area contributed by atoms with E-state index in [1.165, 1.54) is 12.2 Å². The van der Waals surface area contributed by atoms with Crippen LogP contribution in [-0.4, -0.2) is 17.3 Å². The first-order chi connectivity index (χ1) is 6.36. The summed E-state index contributed by atoms with van der Waals surface area (Å²) >= 11 is 1.82. The van der Waals surface area contributed by atoms with Gasteiger partial charge in [0.25, 0.3) is 0 Å². The standard InChI is InChI=1S/C10H12N2S/c11-9-4-1-3-8(7-9)10-12-5-2-6-13-10/h1,3-4,7H,2,5-6,11H2. The number of benzene rings is 1. The van der Waals surface area contributed by atoms with Gasteiger partial charge in [-0.1, -0.05) is 12.1 Å². The Balaban J connectivity index is 2.29. The van der Waals surface area contributed by atoms with Gasteiger partial charge in [0.05, 0.1) is 5.04 Å². The molecule has 0 aromatic heterocycles. The fourth-order valence-corrected chi connectivity index (χ4v) is 2.25. The summed E-state index contributed by atoms with van der Waals surface area (Å²) in [6.45, 7) is 0.955. The molecule has 0 bridgehead atoms. The zero-order valence-corrected chi connectivity index (χ0v) is 8.18. The van der Waals surface area contributed by atoms with E-state index in [1.54, 1.807) is 0 Å². The van der Waals surface area contributed by atoms with Crippen molar-refractivity contribution in [2.75, 3.05) is 18.0 Å². The second-order valence-corrected chi connectivity index (χ2v) is 4.10. The van der Waals surface area contributed by atoms with Crippen LogP contribution >= 0.6 is 11.8 Å². The maximum Gasteiger partial charge on any atom is 0.0977 e. The smallest absolute Gasteiger partial charge is 0.0977 e. The number of hydrogen-bond acceptors (Lipinski definition) is 3. The molecule has 1 aliphatic rings. The van der Waals surface area contributed by atoms with E-state index in [4.69, 9.17) is 5.73 Å². The Hall–Kier alpha value is -0.960. The Morgan fingerprint density at radius 1 is 1.38 bits per heavy atom. The van der Waals surface area contributed by atoms with Crippen LogP contribution in [0.25, 0.3) is 0 Å². The maximum absolute atomic E-state index is 5.70. The van der Waals surface area contributed by atoms with Crippen LogP contribution in [0.5, 0.6) is 0 Å². The fraction of sp³-hybridized carbons (Fsp3) is 0.300. The molecule has 0 radical (unpaired) electrons. The van der Waals surface area contributed by atoms with E-state index in [2.05, 4.69) is 11.1 Å². The van der Waals surface area contributed by atoms with Crippen molar-refractivity contribution in [3.8, 4) is 0 Å². The van der Waals surface area contributed by atoms with Crippen LogP contribution in [0, 0.1) is 0 Å². The largest absolute Gasteiger partial charge is 0.399 e. The van der Waals surface area contributed by atoms with Gasteiger partial charge in [-0.05, 0) is 18.6 Å². The summed E-state index contributed by atoms with van der Waals surface area (Å²) in [5.74, 6) is 1.17. The minimum absolute atomic E-state index is 0.811. The molecule has 2 rings (SSSR count). The molecule has 0 aliphatic carbocycles. The lowest BCUT2D eigenvalue weighted by Crippen LogP contribution is -2.05. The summed E-state index contributed by atoms with van der Waals surface area (Å²) in [6, 6.07) is 7.92. The predicted molar refractivity (Wildman–Crippen MR) is 59.3 cm³/mol. The molecule has 2 nitrogen and oxygen atoms in total. The molecule has 1 aromatic carbocycles. The molecule has 1 aromatic rings. The van der Waals surface area contributed by atoms with Crippen molar-refractivity contribution in [1.29, 1.82) is 0 Å². The van der Waals surface area contributed by atoms with Crippen LogP contribution in [0.1, 0.15) is 12.0 Å². The Morgan fingerprint density at radius 2 is 2.31 bits per heavy atom. The van der Waals surface area contributed by atoms with Crippen molar-refractivity contribution in [3.05, 3.63) is 29.8 Å². The number of nitrogens with two attached hydrogens (primary N) is 1. The van der Waals surface area contributed by atoms with Gasteiger partial charge in [-0.15, -0.1) is 11.8 Å². The summed E-state index contributed by atoms with van der Waals surface area (Å²) in [5, 5.41) is 1.14. The molecule has 0 fully saturated rings. The zero-order chi connectivity index (χ0) is 9.10. The highest BCUT2D eigenvalue weighted by molar-refractivity contribution is 8.14. The van der Waals surface area contributed by atoms with Crippen LogP contribution in [-0.2, 0) is 0 Å². The summed E-state index contributed by atoms with van der Waals surface area (Å²) in [6.07, 6.45) is 1.19. The molecule has 2 N–H and O–H groups in total. The number of anilines is 1. The third kappa shape index (κ3) is 2.04. The first kappa shape index (κ1) is 8.63. The SMILES string of the molecule is Nc1cccc(C2=NCCCS2)c1. The summed E-state index contributed by atoms with van der Waals surface area (Å²) in [7, 11) is 0. The van der Waals surface area contributed by atoms with Gasteiger partial charge in [0.1, 0.15) is 0 Å². The molecule has 0 spiro atoms.